The van der Waals surface area contributed by atoms with Crippen molar-refractivity contribution in [1.29, 1.82) is 5.41 Å². The number of amidine groups is 1. The van der Waals surface area contributed by atoms with Crippen LogP contribution >= 0.6 is 11.6 Å². The van der Waals surface area contributed by atoms with Crippen molar-refractivity contribution in [2.75, 3.05) is 13.1 Å². The number of halogens is 1. The highest BCUT2D eigenvalue weighted by Crippen LogP contribution is 2.44. The fourth-order valence-corrected chi connectivity index (χ4v) is 7.58. The van der Waals surface area contributed by atoms with E-state index in [0.29, 0.717) is 23.8 Å². The van der Waals surface area contributed by atoms with Crippen molar-refractivity contribution in [3.05, 3.63) is 0 Å². The van der Waals surface area contributed by atoms with Gasteiger partial charge in [-0.2, -0.15) is 0 Å². The molecule has 3 saturated carbocycles. The maximum absolute atomic E-state index is 13.4. The zero-order valence-corrected chi connectivity index (χ0v) is 20.6. The lowest BCUT2D eigenvalue weighted by atomic mass is 9.77. The molecule has 7 atom stereocenters. The number of fused-ring (bicyclic) bond motifs is 1. The highest BCUT2D eigenvalue weighted by atomic mass is 35.5. The minimum Gasteiger partial charge on any atom is -0.387 e. The van der Waals surface area contributed by atoms with E-state index in [1.165, 1.54) is 32.1 Å². The Labute approximate surface area is 203 Å². The van der Waals surface area contributed by atoms with Crippen LogP contribution in [0.15, 0.2) is 0 Å². The Hall–Kier alpha value is -1.34. The van der Waals surface area contributed by atoms with Gasteiger partial charge in [0, 0.05) is 30.4 Å². The molecule has 0 radical (unpaired) electrons. The van der Waals surface area contributed by atoms with E-state index in [9.17, 15) is 9.59 Å². The van der Waals surface area contributed by atoms with Gasteiger partial charge < -0.3 is 16.8 Å². The summed E-state index contributed by atoms with van der Waals surface area (Å²) in [5.41, 5.74) is 11.4. The maximum Gasteiger partial charge on any atom is 0.237 e. The number of carbonyl (C=O) groups is 2. The molecule has 2 amide bonds. The molecule has 7 nitrogen and oxygen atoms in total. The summed E-state index contributed by atoms with van der Waals surface area (Å²) in [7, 11) is 0. The Morgan fingerprint density at radius 3 is 2.36 bits per heavy atom. The molecular formula is C25H42ClN5O2. The van der Waals surface area contributed by atoms with Gasteiger partial charge in [0.15, 0.2) is 0 Å². The van der Waals surface area contributed by atoms with Crippen LogP contribution in [0.1, 0.15) is 77.0 Å². The zero-order valence-electron chi connectivity index (χ0n) is 19.8. The van der Waals surface area contributed by atoms with Crippen molar-refractivity contribution in [2.45, 2.75) is 94.5 Å². The summed E-state index contributed by atoms with van der Waals surface area (Å²) >= 11 is 6.55. The quantitative estimate of drug-likeness (QED) is 0.254. The second kappa shape index (κ2) is 10.9. The van der Waals surface area contributed by atoms with Crippen molar-refractivity contribution in [3.8, 4) is 0 Å². The van der Waals surface area contributed by atoms with Gasteiger partial charge in [0.25, 0.3) is 0 Å². The summed E-state index contributed by atoms with van der Waals surface area (Å²) < 4.78 is 0. The summed E-state index contributed by atoms with van der Waals surface area (Å²) in [5.74, 6) is 1.47. The van der Waals surface area contributed by atoms with Crippen LogP contribution in [-0.4, -0.2) is 53.1 Å². The molecule has 186 valence electrons. The molecule has 33 heavy (non-hydrogen) atoms. The second-order valence-electron chi connectivity index (χ2n) is 11.2. The van der Waals surface area contributed by atoms with E-state index in [4.69, 9.17) is 28.5 Å². The van der Waals surface area contributed by atoms with Crippen LogP contribution in [0.3, 0.4) is 0 Å². The molecule has 0 aromatic carbocycles. The molecule has 4 fully saturated rings. The van der Waals surface area contributed by atoms with Crippen molar-refractivity contribution < 1.29 is 9.59 Å². The van der Waals surface area contributed by atoms with Gasteiger partial charge in [0.1, 0.15) is 0 Å². The van der Waals surface area contributed by atoms with Gasteiger partial charge in [-0.1, -0.05) is 19.3 Å². The highest BCUT2D eigenvalue weighted by Gasteiger charge is 2.48. The molecule has 0 bridgehead atoms. The molecule has 1 saturated heterocycles. The van der Waals surface area contributed by atoms with Gasteiger partial charge in [-0.25, -0.2) is 0 Å². The maximum atomic E-state index is 13.4. The number of hydrogen-bond donors (Lipinski definition) is 4. The average molecular weight is 480 g/mol. The number of nitrogens with zero attached hydrogens (tertiary/aromatic N) is 1. The second-order valence-corrected chi connectivity index (χ2v) is 11.8. The molecule has 0 spiro atoms. The Bertz CT molecular complexity index is 728. The molecule has 7 unspecified atom stereocenters. The molecule has 0 aromatic rings. The standard InChI is InChI=1S/C25H42ClN5O2/c26-20-10-16(6-9-19(20)24(29)32)14-31-21-12-18(23(27)28)8-7-17(21)11-22(31)25(33)30-13-15-4-2-1-3-5-15/h15-22H,1-14H2,(H3,27,28)(H2,29,32)(H,30,33). The molecule has 3 aliphatic carbocycles. The number of rotatable bonds is 7. The molecular weight excluding hydrogens is 438 g/mol. The number of hydrogen-bond acceptors (Lipinski definition) is 4. The van der Waals surface area contributed by atoms with Gasteiger partial charge in [-0.3, -0.25) is 19.9 Å². The van der Waals surface area contributed by atoms with Gasteiger partial charge in [-0.15, -0.1) is 11.6 Å². The molecule has 6 N–H and O–H groups in total. The van der Waals surface area contributed by atoms with Crippen molar-refractivity contribution in [3.63, 3.8) is 0 Å². The minimum atomic E-state index is -0.300. The van der Waals surface area contributed by atoms with Crippen LogP contribution in [0.2, 0.25) is 0 Å². The largest absolute Gasteiger partial charge is 0.387 e. The highest BCUT2D eigenvalue weighted by molar-refractivity contribution is 6.22. The number of carbonyl (C=O) groups excluding carboxylic acids is 2. The summed E-state index contributed by atoms with van der Waals surface area (Å²) in [6.07, 6.45) is 12.5. The van der Waals surface area contributed by atoms with Crippen molar-refractivity contribution in [1.82, 2.24) is 10.2 Å². The Morgan fingerprint density at radius 2 is 1.70 bits per heavy atom. The van der Waals surface area contributed by atoms with Crippen LogP contribution in [0.25, 0.3) is 0 Å². The fourth-order valence-electron chi connectivity index (χ4n) is 7.08. The van der Waals surface area contributed by atoms with Gasteiger partial charge in [0.2, 0.25) is 11.8 Å². The lowest BCUT2D eigenvalue weighted by Gasteiger charge is -2.40. The van der Waals surface area contributed by atoms with E-state index in [2.05, 4.69) is 10.2 Å². The number of alkyl halides is 1. The number of nitrogens with one attached hydrogen (secondary N) is 2. The van der Waals surface area contributed by atoms with E-state index in [-0.39, 0.29) is 40.9 Å². The van der Waals surface area contributed by atoms with Crippen LogP contribution < -0.4 is 16.8 Å². The molecule has 1 heterocycles. The van der Waals surface area contributed by atoms with Gasteiger partial charge in [0.05, 0.1) is 17.8 Å². The molecule has 8 heteroatoms. The molecule has 0 aromatic heterocycles. The third-order valence-electron chi connectivity index (χ3n) is 9.06. The number of primary amides is 1. The molecule has 4 aliphatic rings. The van der Waals surface area contributed by atoms with Crippen molar-refractivity contribution >= 4 is 29.3 Å². The van der Waals surface area contributed by atoms with Crippen LogP contribution in [-0.2, 0) is 9.59 Å². The van der Waals surface area contributed by atoms with Crippen LogP contribution in [0.5, 0.6) is 0 Å². The summed E-state index contributed by atoms with van der Waals surface area (Å²) in [6.45, 7) is 1.62. The van der Waals surface area contributed by atoms with E-state index in [1.807, 2.05) is 0 Å². The van der Waals surface area contributed by atoms with E-state index < -0.39 is 0 Å². The monoisotopic (exact) mass is 479 g/mol. The Kier molecular flexibility index (Phi) is 8.21. The van der Waals surface area contributed by atoms with E-state index in [0.717, 1.165) is 58.0 Å². The summed E-state index contributed by atoms with van der Waals surface area (Å²) in [4.78, 5) is 27.5. The number of nitrogens with two attached hydrogens (primary N) is 2. The first-order valence-corrected chi connectivity index (χ1v) is 13.6. The molecule has 1 aliphatic heterocycles. The third-order valence-corrected chi connectivity index (χ3v) is 9.54. The first-order chi connectivity index (χ1) is 15.8. The topological polar surface area (TPSA) is 125 Å². The lowest BCUT2D eigenvalue weighted by Crippen LogP contribution is -2.51. The molecule has 4 rings (SSSR count). The minimum absolute atomic E-state index is 0.114. The number of amides is 2. The Balaban J connectivity index is 1.43. The zero-order chi connectivity index (χ0) is 23.5. The predicted octanol–water partition coefficient (Wildman–Crippen LogP) is 2.99. The summed E-state index contributed by atoms with van der Waals surface area (Å²) in [6, 6.07) is 0.178. The SMILES string of the molecule is N=C(N)C1CCC2CC(C(=O)NCC3CCCCC3)N(CC3CCC(C(N)=O)C(Cl)C3)C2C1. The van der Waals surface area contributed by atoms with E-state index >= 15 is 0 Å². The first kappa shape index (κ1) is 24.8. The fraction of sp³-hybridized carbons (Fsp3) is 0.880. The first-order valence-electron chi connectivity index (χ1n) is 13.1. The van der Waals surface area contributed by atoms with Crippen LogP contribution in [0.4, 0.5) is 0 Å². The van der Waals surface area contributed by atoms with Gasteiger partial charge >= 0.3 is 0 Å². The number of likely N-dealkylation sites (tertiary alicyclic amines) is 1. The summed E-state index contributed by atoms with van der Waals surface area (Å²) in [5, 5.41) is 11.1. The van der Waals surface area contributed by atoms with Gasteiger partial charge in [-0.05, 0) is 75.5 Å². The van der Waals surface area contributed by atoms with Crippen molar-refractivity contribution in [2.24, 2.45) is 41.1 Å². The predicted molar refractivity (Wildman–Crippen MR) is 131 cm³/mol. The normalized spacial score (nSPS) is 37.9. The third kappa shape index (κ3) is 5.84. The van der Waals surface area contributed by atoms with Crippen LogP contribution in [0, 0.1) is 35.0 Å². The van der Waals surface area contributed by atoms with E-state index in [1.54, 1.807) is 0 Å². The lowest BCUT2D eigenvalue weighted by molar-refractivity contribution is -0.126. The average Bonchev–Trinajstić information content (AvgIpc) is 3.15. The Morgan fingerprint density at radius 1 is 0.939 bits per heavy atom. The smallest absolute Gasteiger partial charge is 0.237 e.